The molecule has 1 aliphatic heterocycles. The number of ether oxygens (including phenoxy) is 1. The molecule has 1 aliphatic rings. The maximum atomic E-state index is 10.2. The molecular formula is C18H23N3O3S. The number of hydrogen-bond donors (Lipinski definition) is 2. The molecule has 0 aromatic carbocycles. The molecule has 7 heteroatoms. The highest BCUT2D eigenvalue weighted by molar-refractivity contribution is 7.10. The summed E-state index contributed by atoms with van der Waals surface area (Å²) >= 11 is 1.73. The highest BCUT2D eigenvalue weighted by Gasteiger charge is 2.23. The Hall–Kier alpha value is -1.80. The molecule has 0 aliphatic carbocycles. The van der Waals surface area contributed by atoms with Crippen molar-refractivity contribution in [1.82, 2.24) is 9.88 Å². The number of morpholine rings is 1. The van der Waals surface area contributed by atoms with E-state index >= 15 is 0 Å². The van der Waals surface area contributed by atoms with Crippen LogP contribution >= 0.6 is 11.3 Å². The molecule has 3 heterocycles. The number of thiophene rings is 1. The molecule has 0 amide bonds. The standard InChI is InChI=1S/C18H23N3O3S/c1-13-18(23)15(14(12-22)9-20-13)10-19-11-16(17-3-2-8-25-17)21-4-6-24-7-5-21/h2-3,8-10,16,22-23H,4-7,11-12H2,1H3/t16-/m1/s1. The first kappa shape index (κ1) is 18.0. The molecule has 134 valence electrons. The third kappa shape index (κ3) is 4.24. The molecule has 1 fully saturated rings. The van der Waals surface area contributed by atoms with Crippen LogP contribution < -0.4 is 0 Å². The zero-order valence-electron chi connectivity index (χ0n) is 14.3. The van der Waals surface area contributed by atoms with Crippen LogP contribution in [0.5, 0.6) is 5.75 Å². The smallest absolute Gasteiger partial charge is 0.145 e. The van der Waals surface area contributed by atoms with Crippen molar-refractivity contribution in [2.45, 2.75) is 19.6 Å². The van der Waals surface area contributed by atoms with E-state index in [0.717, 1.165) is 26.3 Å². The Labute approximate surface area is 151 Å². The van der Waals surface area contributed by atoms with Gasteiger partial charge in [-0.05, 0) is 18.4 Å². The monoisotopic (exact) mass is 361 g/mol. The number of aromatic hydroxyl groups is 1. The van der Waals surface area contributed by atoms with Crippen molar-refractivity contribution in [3.63, 3.8) is 0 Å². The number of nitrogens with zero attached hydrogens (tertiary/aromatic N) is 3. The fourth-order valence-electron chi connectivity index (χ4n) is 2.92. The largest absolute Gasteiger partial charge is 0.505 e. The van der Waals surface area contributed by atoms with E-state index in [4.69, 9.17) is 4.74 Å². The fraction of sp³-hybridized carbons (Fsp3) is 0.444. The summed E-state index contributed by atoms with van der Waals surface area (Å²) in [4.78, 5) is 12.3. The van der Waals surface area contributed by atoms with E-state index in [9.17, 15) is 10.2 Å². The molecule has 2 N–H and O–H groups in total. The number of aliphatic imine (C=N–C) groups is 1. The van der Waals surface area contributed by atoms with E-state index < -0.39 is 0 Å². The Bertz CT molecular complexity index is 713. The molecule has 6 nitrogen and oxygen atoms in total. The number of hydrogen-bond acceptors (Lipinski definition) is 7. The van der Waals surface area contributed by atoms with Gasteiger partial charge < -0.3 is 14.9 Å². The lowest BCUT2D eigenvalue weighted by molar-refractivity contribution is 0.0187. The highest BCUT2D eigenvalue weighted by Crippen LogP contribution is 2.27. The van der Waals surface area contributed by atoms with Crippen LogP contribution in [0.2, 0.25) is 0 Å². The van der Waals surface area contributed by atoms with Crippen LogP contribution in [0, 0.1) is 6.92 Å². The first-order valence-electron chi connectivity index (χ1n) is 8.34. The van der Waals surface area contributed by atoms with Crippen LogP contribution in [0.15, 0.2) is 28.7 Å². The Balaban J connectivity index is 1.79. The minimum Gasteiger partial charge on any atom is -0.505 e. The van der Waals surface area contributed by atoms with Crippen LogP contribution in [-0.4, -0.2) is 59.2 Å². The van der Waals surface area contributed by atoms with E-state index in [1.54, 1.807) is 30.7 Å². The van der Waals surface area contributed by atoms with Crippen LogP contribution in [-0.2, 0) is 11.3 Å². The molecule has 0 spiro atoms. The summed E-state index contributed by atoms with van der Waals surface area (Å²) in [6.45, 7) is 5.40. The fourth-order valence-corrected chi connectivity index (χ4v) is 3.77. The van der Waals surface area contributed by atoms with Crippen molar-refractivity contribution in [2.24, 2.45) is 4.99 Å². The number of aryl methyl sites for hydroxylation is 1. The summed E-state index contributed by atoms with van der Waals surface area (Å²) in [5, 5.41) is 21.8. The normalized spacial score (nSPS) is 17.2. The van der Waals surface area contributed by atoms with E-state index in [0.29, 0.717) is 23.4 Å². The zero-order valence-corrected chi connectivity index (χ0v) is 15.1. The van der Waals surface area contributed by atoms with Crippen LogP contribution in [0.1, 0.15) is 27.7 Å². The minimum atomic E-state index is -0.181. The third-order valence-corrected chi connectivity index (χ3v) is 5.36. The van der Waals surface area contributed by atoms with Gasteiger partial charge >= 0.3 is 0 Å². The maximum Gasteiger partial charge on any atom is 0.145 e. The summed E-state index contributed by atoms with van der Waals surface area (Å²) in [6.07, 6.45) is 3.23. The van der Waals surface area contributed by atoms with E-state index in [1.807, 2.05) is 0 Å². The van der Waals surface area contributed by atoms with Crippen LogP contribution in [0.25, 0.3) is 0 Å². The Kier molecular flexibility index (Phi) is 6.14. The van der Waals surface area contributed by atoms with Crippen molar-refractivity contribution in [3.05, 3.63) is 45.4 Å². The van der Waals surface area contributed by atoms with Gasteiger partial charge in [-0.15, -0.1) is 11.3 Å². The van der Waals surface area contributed by atoms with Crippen molar-refractivity contribution in [1.29, 1.82) is 0 Å². The van der Waals surface area contributed by atoms with Gasteiger partial charge in [0.1, 0.15) is 5.75 Å². The van der Waals surface area contributed by atoms with Gasteiger partial charge in [0.15, 0.2) is 0 Å². The number of rotatable bonds is 6. The summed E-state index contributed by atoms with van der Waals surface area (Å²) in [5.74, 6) is 0.0781. The quantitative estimate of drug-likeness (QED) is 0.771. The maximum absolute atomic E-state index is 10.2. The van der Waals surface area contributed by atoms with E-state index in [2.05, 4.69) is 32.4 Å². The van der Waals surface area contributed by atoms with Gasteiger partial charge in [-0.3, -0.25) is 14.9 Å². The molecule has 3 rings (SSSR count). The molecule has 2 aromatic heterocycles. The average molecular weight is 361 g/mol. The molecule has 0 saturated carbocycles. The van der Waals surface area contributed by atoms with E-state index in [-0.39, 0.29) is 18.4 Å². The number of aromatic nitrogens is 1. The second kappa shape index (κ2) is 8.53. The lowest BCUT2D eigenvalue weighted by Crippen LogP contribution is -2.39. The van der Waals surface area contributed by atoms with Crippen molar-refractivity contribution >= 4 is 17.6 Å². The second-order valence-electron chi connectivity index (χ2n) is 5.96. The van der Waals surface area contributed by atoms with Crippen LogP contribution in [0.4, 0.5) is 0 Å². The number of pyridine rings is 1. The molecule has 0 bridgehead atoms. The summed E-state index contributed by atoms with van der Waals surface area (Å²) in [5.41, 5.74) is 1.65. The average Bonchev–Trinajstić information content (AvgIpc) is 3.17. The Morgan fingerprint density at radius 1 is 1.44 bits per heavy atom. The summed E-state index contributed by atoms with van der Waals surface area (Å²) in [6, 6.07) is 4.38. The number of aliphatic hydroxyl groups is 1. The molecule has 1 atom stereocenters. The van der Waals surface area contributed by atoms with Gasteiger partial charge in [-0.2, -0.15) is 0 Å². The molecule has 0 unspecified atom stereocenters. The van der Waals surface area contributed by atoms with Gasteiger partial charge in [-0.25, -0.2) is 0 Å². The van der Waals surface area contributed by atoms with E-state index in [1.165, 1.54) is 4.88 Å². The Morgan fingerprint density at radius 2 is 2.24 bits per heavy atom. The zero-order chi connectivity index (χ0) is 17.6. The Morgan fingerprint density at radius 3 is 2.92 bits per heavy atom. The van der Waals surface area contributed by atoms with Crippen LogP contribution in [0.3, 0.4) is 0 Å². The first-order valence-corrected chi connectivity index (χ1v) is 9.22. The lowest BCUT2D eigenvalue weighted by atomic mass is 10.1. The number of aliphatic hydroxyl groups excluding tert-OH is 1. The van der Waals surface area contributed by atoms with Gasteiger partial charge in [0.25, 0.3) is 0 Å². The summed E-state index contributed by atoms with van der Waals surface area (Å²) in [7, 11) is 0. The van der Waals surface area contributed by atoms with Gasteiger partial charge in [0.05, 0.1) is 38.1 Å². The third-order valence-electron chi connectivity index (χ3n) is 4.38. The topological polar surface area (TPSA) is 78.2 Å². The predicted molar refractivity (Wildman–Crippen MR) is 98.5 cm³/mol. The molecule has 0 radical (unpaired) electrons. The first-order chi connectivity index (χ1) is 12.2. The molecule has 2 aromatic rings. The van der Waals surface area contributed by atoms with Gasteiger partial charge in [0.2, 0.25) is 0 Å². The highest BCUT2D eigenvalue weighted by atomic mass is 32.1. The molecule has 25 heavy (non-hydrogen) atoms. The molecule has 1 saturated heterocycles. The SMILES string of the molecule is Cc1ncc(CO)c(C=NC[C@H](c2cccs2)N2CCOCC2)c1O. The lowest BCUT2D eigenvalue weighted by Gasteiger charge is -2.33. The van der Waals surface area contributed by atoms with Gasteiger partial charge in [0, 0.05) is 41.5 Å². The van der Waals surface area contributed by atoms with Crippen molar-refractivity contribution in [3.8, 4) is 5.75 Å². The van der Waals surface area contributed by atoms with Gasteiger partial charge in [-0.1, -0.05) is 6.07 Å². The predicted octanol–water partition coefficient (Wildman–Crippen LogP) is 2.14. The second-order valence-corrected chi connectivity index (χ2v) is 6.94. The summed E-state index contributed by atoms with van der Waals surface area (Å²) < 4.78 is 5.46. The minimum absolute atomic E-state index is 0.0781. The van der Waals surface area contributed by atoms with Crippen molar-refractivity contribution < 1.29 is 14.9 Å². The van der Waals surface area contributed by atoms with Crippen molar-refractivity contribution in [2.75, 3.05) is 32.8 Å². The molecular weight excluding hydrogens is 338 g/mol.